The molecule has 0 N–H and O–H groups in total. The van der Waals surface area contributed by atoms with E-state index in [1.807, 2.05) is 0 Å². The van der Waals surface area contributed by atoms with Crippen LogP contribution in [0.25, 0.3) is 0 Å². The van der Waals surface area contributed by atoms with Crippen LogP contribution in [0.1, 0.15) is 41.6 Å². The third-order valence-electron chi connectivity index (χ3n) is 5.32. The van der Waals surface area contributed by atoms with Crippen LogP contribution in [0.15, 0.2) is 47.4 Å². The third kappa shape index (κ3) is 5.14. The highest BCUT2D eigenvalue weighted by Gasteiger charge is 2.26. The molecule has 1 aliphatic heterocycles. The molecular formula is C22H27ClN2O4S. The van der Waals surface area contributed by atoms with Crippen molar-refractivity contribution in [1.29, 1.82) is 0 Å². The molecule has 0 saturated carbocycles. The number of rotatable bonds is 6. The van der Waals surface area contributed by atoms with E-state index in [-0.39, 0.29) is 22.9 Å². The average Bonchev–Trinajstić information content (AvgIpc) is 3.04. The maximum absolute atomic E-state index is 13.1. The van der Waals surface area contributed by atoms with Crippen molar-refractivity contribution in [3.8, 4) is 5.75 Å². The maximum Gasteiger partial charge on any atom is 0.257 e. The zero-order valence-corrected chi connectivity index (χ0v) is 18.9. The third-order valence-corrected chi connectivity index (χ3v) is 7.37. The molecule has 0 atom stereocenters. The van der Waals surface area contributed by atoms with Gasteiger partial charge >= 0.3 is 0 Å². The molecule has 0 aliphatic carbocycles. The Morgan fingerprint density at radius 1 is 1.07 bits per heavy atom. The van der Waals surface area contributed by atoms with Crippen LogP contribution in [0.2, 0.25) is 5.02 Å². The van der Waals surface area contributed by atoms with Crippen molar-refractivity contribution in [3.05, 3.63) is 58.6 Å². The summed E-state index contributed by atoms with van der Waals surface area (Å²) in [5.74, 6) is 0.190. The van der Waals surface area contributed by atoms with Crippen molar-refractivity contribution >= 4 is 27.5 Å². The molecule has 6 nitrogen and oxygen atoms in total. The molecule has 1 aliphatic rings. The van der Waals surface area contributed by atoms with Gasteiger partial charge in [0.1, 0.15) is 5.75 Å². The van der Waals surface area contributed by atoms with Crippen LogP contribution in [0.5, 0.6) is 5.75 Å². The molecule has 0 unspecified atom stereocenters. The number of likely N-dealkylation sites (tertiary alicyclic amines) is 1. The Labute approximate surface area is 183 Å². The summed E-state index contributed by atoms with van der Waals surface area (Å²) >= 11 is 5.90. The monoisotopic (exact) mass is 450 g/mol. The number of hydrogen-bond donors (Lipinski definition) is 0. The van der Waals surface area contributed by atoms with Gasteiger partial charge in [-0.1, -0.05) is 36.6 Å². The highest BCUT2D eigenvalue weighted by Crippen LogP contribution is 2.27. The topological polar surface area (TPSA) is 66.9 Å². The number of carbonyl (C=O) groups excluding carboxylic acids is 1. The molecule has 1 amide bonds. The Bertz CT molecular complexity index is 985. The standard InChI is InChI=1S/C22H27ClN2O4S/c1-24(16-17-7-9-18(23)10-8-17)30(27,28)19-11-12-21(29-2)20(15-19)22(26)25-13-5-3-4-6-14-25/h7-12,15H,3-6,13-14,16H2,1-2H3. The van der Waals surface area contributed by atoms with E-state index in [1.165, 1.54) is 30.6 Å². The van der Waals surface area contributed by atoms with Gasteiger partial charge in [0.15, 0.2) is 0 Å². The predicted molar refractivity (Wildman–Crippen MR) is 117 cm³/mol. The summed E-state index contributed by atoms with van der Waals surface area (Å²) in [7, 11) is -0.792. The van der Waals surface area contributed by atoms with Crippen LogP contribution in [0.3, 0.4) is 0 Å². The SMILES string of the molecule is COc1ccc(S(=O)(=O)N(C)Cc2ccc(Cl)cc2)cc1C(=O)N1CCCCCC1. The zero-order chi connectivity index (χ0) is 21.7. The summed E-state index contributed by atoms with van der Waals surface area (Å²) in [6.45, 7) is 1.55. The molecule has 2 aromatic carbocycles. The highest BCUT2D eigenvalue weighted by molar-refractivity contribution is 7.89. The number of hydrogen-bond acceptors (Lipinski definition) is 4. The van der Waals surface area contributed by atoms with Crippen LogP contribution in [0.4, 0.5) is 0 Å². The van der Waals surface area contributed by atoms with E-state index in [0.29, 0.717) is 23.9 Å². The maximum atomic E-state index is 13.1. The van der Waals surface area contributed by atoms with Gasteiger partial charge < -0.3 is 9.64 Å². The van der Waals surface area contributed by atoms with Gasteiger partial charge in [0.2, 0.25) is 10.0 Å². The number of ether oxygens (including phenoxy) is 1. The summed E-state index contributed by atoms with van der Waals surface area (Å²) in [4.78, 5) is 15.0. The summed E-state index contributed by atoms with van der Waals surface area (Å²) in [5.41, 5.74) is 1.10. The van der Waals surface area contributed by atoms with Gasteiger partial charge in [0.25, 0.3) is 5.91 Å². The second kappa shape index (κ2) is 9.81. The summed E-state index contributed by atoms with van der Waals surface area (Å²) in [6, 6.07) is 11.5. The number of halogens is 1. The first-order chi connectivity index (χ1) is 14.3. The van der Waals surface area contributed by atoms with Gasteiger partial charge in [-0.3, -0.25) is 4.79 Å². The van der Waals surface area contributed by atoms with Gasteiger partial charge in [-0.15, -0.1) is 0 Å². The quantitative estimate of drug-likeness (QED) is 0.662. The van der Waals surface area contributed by atoms with E-state index in [1.54, 1.807) is 35.2 Å². The summed E-state index contributed by atoms with van der Waals surface area (Å²) in [6.07, 6.45) is 4.11. The number of benzene rings is 2. The lowest BCUT2D eigenvalue weighted by atomic mass is 10.1. The molecule has 0 bridgehead atoms. The molecule has 1 saturated heterocycles. The van der Waals surface area contributed by atoms with Crippen molar-refractivity contribution < 1.29 is 17.9 Å². The second-order valence-corrected chi connectivity index (χ2v) is 9.94. The minimum Gasteiger partial charge on any atom is -0.496 e. The fourth-order valence-corrected chi connectivity index (χ4v) is 4.88. The van der Waals surface area contributed by atoms with Gasteiger partial charge in [-0.05, 0) is 48.7 Å². The molecule has 162 valence electrons. The van der Waals surface area contributed by atoms with Gasteiger partial charge in [-0.25, -0.2) is 8.42 Å². The first kappa shape index (κ1) is 22.6. The molecule has 1 heterocycles. The van der Waals surface area contributed by atoms with E-state index < -0.39 is 10.0 Å². The number of methoxy groups -OCH3 is 1. The molecule has 0 aromatic heterocycles. The van der Waals surface area contributed by atoms with Crippen LogP contribution >= 0.6 is 11.6 Å². The Morgan fingerprint density at radius 3 is 2.30 bits per heavy atom. The Morgan fingerprint density at radius 2 is 1.70 bits per heavy atom. The van der Waals surface area contributed by atoms with Crippen LogP contribution < -0.4 is 4.74 Å². The molecule has 1 fully saturated rings. The number of nitrogens with zero attached hydrogens (tertiary/aromatic N) is 2. The predicted octanol–water partition coefficient (Wildman–Crippen LogP) is 4.19. The molecular weight excluding hydrogens is 424 g/mol. The highest BCUT2D eigenvalue weighted by atomic mass is 35.5. The van der Waals surface area contributed by atoms with Crippen LogP contribution in [-0.2, 0) is 16.6 Å². The second-order valence-electron chi connectivity index (χ2n) is 7.46. The van der Waals surface area contributed by atoms with Gasteiger partial charge in [-0.2, -0.15) is 4.31 Å². The largest absolute Gasteiger partial charge is 0.496 e. The lowest BCUT2D eigenvalue weighted by molar-refractivity contribution is 0.0758. The summed E-state index contributed by atoms with van der Waals surface area (Å²) < 4.78 is 32.9. The minimum atomic E-state index is -3.79. The van der Waals surface area contributed by atoms with Crippen molar-refractivity contribution in [3.63, 3.8) is 0 Å². The first-order valence-corrected chi connectivity index (χ1v) is 11.8. The van der Waals surface area contributed by atoms with Crippen molar-refractivity contribution in [2.75, 3.05) is 27.2 Å². The number of amides is 1. The van der Waals surface area contributed by atoms with Crippen molar-refractivity contribution in [2.45, 2.75) is 37.1 Å². The fourth-order valence-electron chi connectivity index (χ4n) is 3.57. The number of carbonyl (C=O) groups is 1. The van der Waals surface area contributed by atoms with Crippen LogP contribution in [0, 0.1) is 0 Å². The molecule has 30 heavy (non-hydrogen) atoms. The first-order valence-electron chi connectivity index (χ1n) is 10.0. The van der Waals surface area contributed by atoms with Crippen LogP contribution in [-0.4, -0.2) is 50.8 Å². The van der Waals surface area contributed by atoms with E-state index in [0.717, 1.165) is 31.2 Å². The molecule has 0 radical (unpaired) electrons. The zero-order valence-electron chi connectivity index (χ0n) is 17.3. The van der Waals surface area contributed by atoms with Crippen molar-refractivity contribution in [2.24, 2.45) is 0 Å². The number of sulfonamides is 1. The van der Waals surface area contributed by atoms with Gasteiger partial charge in [0, 0.05) is 31.7 Å². The lowest BCUT2D eigenvalue weighted by Gasteiger charge is -2.23. The minimum absolute atomic E-state index is 0.0675. The normalized spacial score (nSPS) is 15.1. The van der Waals surface area contributed by atoms with E-state index in [2.05, 4.69) is 0 Å². The van der Waals surface area contributed by atoms with E-state index >= 15 is 0 Å². The average molecular weight is 451 g/mol. The van der Waals surface area contributed by atoms with Gasteiger partial charge in [0.05, 0.1) is 17.6 Å². The Kier molecular flexibility index (Phi) is 7.39. The lowest BCUT2D eigenvalue weighted by Crippen LogP contribution is -2.32. The van der Waals surface area contributed by atoms with Crippen molar-refractivity contribution in [1.82, 2.24) is 9.21 Å². The molecule has 2 aromatic rings. The Balaban J connectivity index is 1.88. The fraction of sp³-hybridized carbons (Fsp3) is 0.409. The Hall–Kier alpha value is -2.09. The summed E-state index contributed by atoms with van der Waals surface area (Å²) in [5, 5.41) is 0.594. The molecule has 3 rings (SSSR count). The molecule has 0 spiro atoms. The van der Waals surface area contributed by atoms with E-state index in [9.17, 15) is 13.2 Å². The smallest absolute Gasteiger partial charge is 0.257 e. The molecule has 8 heteroatoms. The van der Waals surface area contributed by atoms with E-state index in [4.69, 9.17) is 16.3 Å².